The van der Waals surface area contributed by atoms with Crippen LogP contribution in [0.2, 0.25) is 0 Å². The summed E-state index contributed by atoms with van der Waals surface area (Å²) in [5, 5.41) is 24.7. The van der Waals surface area contributed by atoms with Gasteiger partial charge in [-0.15, -0.1) is 23.1 Å². The fourth-order valence-corrected chi connectivity index (χ4v) is 5.47. The van der Waals surface area contributed by atoms with Gasteiger partial charge >= 0.3 is 18.1 Å². The lowest BCUT2D eigenvalue weighted by Crippen LogP contribution is -2.71. The summed E-state index contributed by atoms with van der Waals surface area (Å²) in [7, 11) is 0. The van der Waals surface area contributed by atoms with Crippen LogP contribution in [0, 0.1) is 0 Å². The molecule has 2 amide bonds. The third kappa shape index (κ3) is 4.99. The minimum atomic E-state index is -1.65. The van der Waals surface area contributed by atoms with Gasteiger partial charge in [0.2, 0.25) is 12.5 Å². The Bertz CT molecular complexity index is 1160. The molecular weight excluding hydrogens is 510 g/mol. The second-order valence-electron chi connectivity index (χ2n) is 7.25. The number of hydrogen-bond acceptors (Lipinski definition) is 13. The van der Waals surface area contributed by atoms with E-state index in [2.05, 4.69) is 20.3 Å². The van der Waals surface area contributed by atoms with E-state index in [1.807, 2.05) is 0 Å². The summed E-state index contributed by atoms with van der Waals surface area (Å²) in [5.74, 6) is -3.38. The summed E-state index contributed by atoms with van der Waals surface area (Å²) in [6.07, 6.45) is -1.89. The molecule has 0 aliphatic carbocycles. The van der Waals surface area contributed by atoms with Crippen molar-refractivity contribution >= 4 is 63.9 Å². The van der Waals surface area contributed by atoms with Gasteiger partial charge in [0.1, 0.15) is 23.2 Å². The number of thiazole rings is 1. The molecule has 0 bridgehead atoms. The van der Waals surface area contributed by atoms with E-state index in [0.29, 0.717) is 12.0 Å². The highest BCUT2D eigenvalue weighted by molar-refractivity contribution is 8.00. The van der Waals surface area contributed by atoms with Crippen LogP contribution >= 0.6 is 23.1 Å². The lowest BCUT2D eigenvalue weighted by Gasteiger charge is -2.49. The molecule has 4 heterocycles. The van der Waals surface area contributed by atoms with Gasteiger partial charge in [0.25, 0.3) is 11.8 Å². The van der Waals surface area contributed by atoms with E-state index >= 15 is 0 Å². The number of rotatable bonds is 8. The summed E-state index contributed by atoms with van der Waals surface area (Å²) in [6, 6.07) is -1.09. The normalized spacial score (nSPS) is 23.8. The Morgan fingerprint density at radius 1 is 1.34 bits per heavy atom. The number of nitrogens with two attached hydrogens (primary N) is 1. The average molecular weight is 527 g/mol. The molecule has 3 aliphatic rings. The van der Waals surface area contributed by atoms with Crippen molar-refractivity contribution in [3.63, 3.8) is 0 Å². The first-order valence-corrected chi connectivity index (χ1v) is 11.8. The fraction of sp³-hybridized carbons (Fsp3) is 0.389. The number of carbonyl (C=O) groups is 5. The standard InChI is InChI=1S/C18H17N5O10S2/c19-17-20-7(5-35-17)11(22-31-3-9(24)25)13(27)21-12-14(28)23-15(33-18(29)30)6(4-34-16(12)23)8-1-2-10(26)32-8/h5,8,12,16H,1-4H2,(H2,19,20)(H,21,27)(H,24,25)(H,29,30)/b22-11-/t8?,12-,16-/m1/s1. The van der Waals surface area contributed by atoms with Crippen molar-refractivity contribution in [3.05, 3.63) is 22.5 Å². The minimum absolute atomic E-state index is 0.00967. The molecule has 0 saturated carbocycles. The highest BCUT2D eigenvalue weighted by Crippen LogP contribution is 2.43. The van der Waals surface area contributed by atoms with E-state index < -0.39 is 59.7 Å². The van der Waals surface area contributed by atoms with E-state index in [0.717, 1.165) is 16.2 Å². The Morgan fingerprint density at radius 3 is 2.71 bits per heavy atom. The van der Waals surface area contributed by atoms with Gasteiger partial charge in [-0.3, -0.25) is 19.3 Å². The Labute approximate surface area is 203 Å². The molecule has 1 aromatic rings. The van der Waals surface area contributed by atoms with Gasteiger partial charge in [0.05, 0.1) is 0 Å². The van der Waals surface area contributed by atoms with Crippen LogP contribution in [-0.4, -0.2) is 85.6 Å². The van der Waals surface area contributed by atoms with Crippen LogP contribution in [0.15, 0.2) is 22.0 Å². The van der Waals surface area contributed by atoms with E-state index in [1.54, 1.807) is 0 Å². The van der Waals surface area contributed by atoms with Gasteiger partial charge in [-0.2, -0.15) is 0 Å². The molecule has 1 aromatic heterocycles. The number of carbonyl (C=O) groups excluding carboxylic acids is 3. The van der Waals surface area contributed by atoms with Gasteiger partial charge < -0.3 is 35.6 Å². The molecule has 3 aliphatic heterocycles. The van der Waals surface area contributed by atoms with Gasteiger partial charge in [0, 0.05) is 23.1 Å². The van der Waals surface area contributed by atoms with Crippen LogP contribution in [0.25, 0.3) is 0 Å². The first kappa shape index (κ1) is 24.3. The fourth-order valence-electron chi connectivity index (χ4n) is 3.54. The molecule has 35 heavy (non-hydrogen) atoms. The maximum atomic E-state index is 12.9. The molecule has 15 nitrogen and oxygen atoms in total. The number of oxime groups is 1. The van der Waals surface area contributed by atoms with Crippen molar-refractivity contribution in [2.45, 2.75) is 30.4 Å². The molecule has 0 radical (unpaired) electrons. The summed E-state index contributed by atoms with van der Waals surface area (Å²) < 4.78 is 10.1. The number of carboxylic acid groups (broad SMARTS) is 2. The smallest absolute Gasteiger partial charge is 0.479 e. The van der Waals surface area contributed by atoms with Crippen molar-refractivity contribution in [3.8, 4) is 0 Å². The van der Waals surface area contributed by atoms with Gasteiger partial charge in [0.15, 0.2) is 10.8 Å². The van der Waals surface area contributed by atoms with Crippen LogP contribution in [0.3, 0.4) is 0 Å². The summed E-state index contributed by atoms with van der Waals surface area (Å²) >= 11 is 2.22. The molecule has 0 spiro atoms. The first-order chi connectivity index (χ1) is 16.7. The molecular formula is C18H17N5O10S2. The van der Waals surface area contributed by atoms with Gasteiger partial charge in [-0.05, 0) is 6.42 Å². The highest BCUT2D eigenvalue weighted by Gasteiger charge is 2.55. The number of anilines is 1. The van der Waals surface area contributed by atoms with Crippen molar-refractivity contribution in [1.29, 1.82) is 0 Å². The van der Waals surface area contributed by atoms with E-state index in [4.69, 9.17) is 25.4 Å². The van der Waals surface area contributed by atoms with Crippen LogP contribution in [-0.2, 0) is 33.5 Å². The molecule has 186 valence electrons. The SMILES string of the molecule is Nc1nc(/C(=N/OCC(=O)O)C(=O)N[C@@H]2C(=O)N3C(OC(=O)O)=C(C4CCC(=O)O4)CS[C@H]23)cs1. The molecule has 0 aromatic carbocycles. The molecule has 4 rings (SSSR count). The lowest BCUT2D eigenvalue weighted by atomic mass is 10.0. The van der Waals surface area contributed by atoms with Crippen LogP contribution in [0.4, 0.5) is 9.93 Å². The van der Waals surface area contributed by atoms with E-state index in [9.17, 15) is 24.0 Å². The summed E-state index contributed by atoms with van der Waals surface area (Å²) in [6.45, 7) is -0.819. The maximum absolute atomic E-state index is 12.9. The second-order valence-corrected chi connectivity index (χ2v) is 9.25. The Morgan fingerprint density at radius 2 is 2.11 bits per heavy atom. The number of esters is 1. The van der Waals surface area contributed by atoms with E-state index in [-0.39, 0.29) is 28.9 Å². The third-order valence-corrected chi connectivity index (χ3v) is 6.99. The van der Waals surface area contributed by atoms with Crippen LogP contribution < -0.4 is 11.1 Å². The number of ether oxygens (including phenoxy) is 2. The van der Waals surface area contributed by atoms with Crippen LogP contribution in [0.1, 0.15) is 18.5 Å². The maximum Gasteiger partial charge on any atom is 0.512 e. The number of cyclic esters (lactones) is 1. The quantitative estimate of drug-likeness (QED) is 0.146. The molecule has 5 N–H and O–H groups in total. The lowest BCUT2D eigenvalue weighted by molar-refractivity contribution is -0.148. The monoisotopic (exact) mass is 527 g/mol. The van der Waals surface area contributed by atoms with Gasteiger partial charge in [-0.25, -0.2) is 14.6 Å². The number of amides is 2. The number of hydrogen-bond donors (Lipinski definition) is 4. The predicted octanol–water partition coefficient (Wildman–Crippen LogP) is -0.458. The number of nitrogens with one attached hydrogen (secondary N) is 1. The van der Waals surface area contributed by atoms with Crippen molar-refractivity contribution in [1.82, 2.24) is 15.2 Å². The first-order valence-electron chi connectivity index (χ1n) is 9.87. The highest BCUT2D eigenvalue weighted by atomic mass is 32.2. The number of fused-ring (bicyclic) bond motifs is 1. The number of β-lactam (4-membered cyclic amide) rings is 1. The van der Waals surface area contributed by atoms with Crippen molar-refractivity contribution in [2.75, 3.05) is 18.1 Å². The number of nitrogen functional groups attached to an aromatic ring is 1. The third-order valence-electron chi connectivity index (χ3n) is 5.01. The topological polar surface area (TPSA) is 220 Å². The minimum Gasteiger partial charge on any atom is -0.479 e. The van der Waals surface area contributed by atoms with Crippen molar-refractivity contribution < 1.29 is 48.5 Å². The number of aromatic nitrogens is 1. The Balaban J connectivity index is 1.53. The summed E-state index contributed by atoms with van der Waals surface area (Å²) in [5.41, 5.74) is 5.55. The number of thioether (sulfide) groups is 1. The number of nitrogens with zero attached hydrogens (tertiary/aromatic N) is 3. The number of aliphatic carboxylic acids is 1. The molecule has 3 atom stereocenters. The van der Waals surface area contributed by atoms with E-state index in [1.165, 1.54) is 17.1 Å². The zero-order valence-corrected chi connectivity index (χ0v) is 19.2. The van der Waals surface area contributed by atoms with Gasteiger partial charge in [-0.1, -0.05) is 5.16 Å². The molecule has 2 fully saturated rings. The van der Waals surface area contributed by atoms with Crippen LogP contribution in [0.5, 0.6) is 0 Å². The summed E-state index contributed by atoms with van der Waals surface area (Å²) in [4.78, 5) is 69.0. The number of carboxylic acids is 1. The molecule has 1 unspecified atom stereocenters. The Hall–Kier alpha value is -3.86. The Kier molecular flexibility index (Phi) is 6.79. The zero-order valence-electron chi connectivity index (χ0n) is 17.5. The van der Waals surface area contributed by atoms with Crippen molar-refractivity contribution in [2.24, 2.45) is 5.16 Å². The molecule has 2 saturated heterocycles. The zero-order chi connectivity index (χ0) is 25.3. The average Bonchev–Trinajstić information content (AvgIpc) is 3.41. The largest absolute Gasteiger partial charge is 0.512 e. The molecule has 17 heteroatoms. The predicted molar refractivity (Wildman–Crippen MR) is 117 cm³/mol. The second kappa shape index (κ2) is 9.79.